The average Bonchev–Trinajstić information content (AvgIpc) is 2.86. The van der Waals surface area contributed by atoms with Crippen LogP contribution in [0.4, 0.5) is 5.82 Å². The molecule has 0 aliphatic carbocycles. The van der Waals surface area contributed by atoms with Gasteiger partial charge in [0, 0.05) is 0 Å². The number of carboxylic acids is 1. The van der Waals surface area contributed by atoms with Crippen LogP contribution in [0.3, 0.4) is 0 Å². The molecule has 0 saturated carbocycles. The second kappa shape index (κ2) is 7.04. The first-order valence-electron chi connectivity index (χ1n) is 6.23. The van der Waals surface area contributed by atoms with Crippen LogP contribution in [0.2, 0.25) is 0 Å². The minimum absolute atomic E-state index is 0.153. The molecule has 0 radical (unpaired) electrons. The van der Waals surface area contributed by atoms with E-state index in [0.29, 0.717) is 5.75 Å². The first-order chi connectivity index (χ1) is 10.1. The summed E-state index contributed by atoms with van der Waals surface area (Å²) in [5.41, 5.74) is 0. The number of benzene rings is 1. The molecule has 0 saturated heterocycles. The smallest absolute Gasteiger partial charge is 0.325 e. The number of anilines is 1. The van der Waals surface area contributed by atoms with Crippen molar-refractivity contribution in [1.82, 2.24) is 15.0 Å². The quantitative estimate of drug-likeness (QED) is 0.780. The van der Waals surface area contributed by atoms with Crippen LogP contribution in [0, 0.1) is 0 Å². The van der Waals surface area contributed by atoms with E-state index in [-0.39, 0.29) is 31.3 Å². The van der Waals surface area contributed by atoms with Gasteiger partial charge in [0.05, 0.1) is 19.2 Å². The Hall–Kier alpha value is -2.90. The number of aliphatic carboxylic acids is 1. The van der Waals surface area contributed by atoms with Gasteiger partial charge in [-0.1, -0.05) is 23.4 Å². The van der Waals surface area contributed by atoms with Crippen molar-refractivity contribution in [1.29, 1.82) is 0 Å². The minimum Gasteiger partial charge on any atom is -0.493 e. The second-order valence-electron chi connectivity index (χ2n) is 4.15. The molecule has 0 fully saturated rings. The highest BCUT2D eigenvalue weighted by molar-refractivity contribution is 5.89. The largest absolute Gasteiger partial charge is 0.493 e. The highest BCUT2D eigenvalue weighted by Gasteiger charge is 2.08. The Morgan fingerprint density at radius 1 is 1.29 bits per heavy atom. The zero-order valence-electron chi connectivity index (χ0n) is 11.1. The van der Waals surface area contributed by atoms with Gasteiger partial charge in [-0.2, -0.15) is 0 Å². The van der Waals surface area contributed by atoms with Gasteiger partial charge in [-0.15, -0.1) is 5.10 Å². The number of nitrogens with one attached hydrogen (secondary N) is 1. The van der Waals surface area contributed by atoms with Crippen LogP contribution < -0.4 is 10.1 Å². The number of para-hydroxylation sites is 1. The average molecular weight is 290 g/mol. The summed E-state index contributed by atoms with van der Waals surface area (Å²) in [4.78, 5) is 22.1. The Kier molecular flexibility index (Phi) is 4.86. The number of ether oxygens (including phenoxy) is 1. The fraction of sp³-hybridized carbons (Fsp3) is 0.231. The van der Waals surface area contributed by atoms with Gasteiger partial charge in [0.25, 0.3) is 0 Å². The molecule has 0 spiro atoms. The SMILES string of the molecule is O=C(O)Cn1cc(NC(=O)CCOc2ccccc2)nn1. The van der Waals surface area contributed by atoms with Crippen LogP contribution >= 0.6 is 0 Å². The molecule has 0 aliphatic heterocycles. The molecule has 8 heteroatoms. The molecule has 8 nitrogen and oxygen atoms in total. The maximum absolute atomic E-state index is 11.6. The molecule has 0 aliphatic rings. The highest BCUT2D eigenvalue weighted by Crippen LogP contribution is 2.08. The third-order valence-corrected chi connectivity index (χ3v) is 2.44. The maximum atomic E-state index is 11.6. The summed E-state index contributed by atoms with van der Waals surface area (Å²) < 4.78 is 6.52. The highest BCUT2D eigenvalue weighted by atomic mass is 16.5. The number of nitrogens with zero attached hydrogens (tertiary/aromatic N) is 3. The Morgan fingerprint density at radius 3 is 2.76 bits per heavy atom. The van der Waals surface area contributed by atoms with E-state index in [1.54, 1.807) is 12.1 Å². The molecule has 1 amide bonds. The van der Waals surface area contributed by atoms with Crippen molar-refractivity contribution in [3.05, 3.63) is 36.5 Å². The van der Waals surface area contributed by atoms with Gasteiger partial charge in [-0.3, -0.25) is 9.59 Å². The number of carbonyl (C=O) groups is 2. The zero-order valence-corrected chi connectivity index (χ0v) is 11.1. The number of aromatic nitrogens is 3. The summed E-state index contributed by atoms with van der Waals surface area (Å²) in [5.74, 6) is -0.416. The Bertz CT molecular complexity index is 612. The normalized spacial score (nSPS) is 10.1. The van der Waals surface area contributed by atoms with Crippen molar-refractivity contribution < 1.29 is 19.4 Å². The van der Waals surface area contributed by atoms with Crippen molar-refractivity contribution in [2.24, 2.45) is 0 Å². The molecule has 1 aromatic heterocycles. The van der Waals surface area contributed by atoms with Crippen molar-refractivity contribution in [3.63, 3.8) is 0 Å². The topological polar surface area (TPSA) is 106 Å². The van der Waals surface area contributed by atoms with Gasteiger partial charge in [0.15, 0.2) is 5.82 Å². The molecule has 0 unspecified atom stereocenters. The monoisotopic (exact) mass is 290 g/mol. The van der Waals surface area contributed by atoms with E-state index in [2.05, 4.69) is 15.6 Å². The number of carbonyl (C=O) groups excluding carboxylic acids is 1. The van der Waals surface area contributed by atoms with E-state index < -0.39 is 5.97 Å². The molecule has 0 bridgehead atoms. The Labute approximate surface area is 120 Å². The molecule has 2 aromatic rings. The van der Waals surface area contributed by atoms with E-state index >= 15 is 0 Å². The lowest BCUT2D eigenvalue weighted by Crippen LogP contribution is -2.15. The predicted molar refractivity (Wildman–Crippen MR) is 72.8 cm³/mol. The number of amides is 1. The van der Waals surface area contributed by atoms with Crippen LogP contribution in [-0.2, 0) is 16.1 Å². The van der Waals surface area contributed by atoms with Crippen molar-refractivity contribution in [2.45, 2.75) is 13.0 Å². The molecule has 1 aromatic carbocycles. The van der Waals surface area contributed by atoms with Gasteiger partial charge >= 0.3 is 5.97 Å². The number of hydrogen-bond donors (Lipinski definition) is 2. The van der Waals surface area contributed by atoms with E-state index in [1.807, 2.05) is 18.2 Å². The molecule has 2 N–H and O–H groups in total. The third kappa shape index (κ3) is 4.94. The van der Waals surface area contributed by atoms with Crippen LogP contribution in [-0.4, -0.2) is 38.6 Å². The lowest BCUT2D eigenvalue weighted by molar-refractivity contribution is -0.137. The number of carboxylic acid groups (broad SMARTS) is 1. The van der Waals surface area contributed by atoms with E-state index in [9.17, 15) is 9.59 Å². The van der Waals surface area contributed by atoms with E-state index in [1.165, 1.54) is 6.20 Å². The lowest BCUT2D eigenvalue weighted by atomic mass is 10.3. The van der Waals surface area contributed by atoms with Gasteiger partial charge in [0.1, 0.15) is 12.3 Å². The summed E-state index contributed by atoms with van der Waals surface area (Å²) in [6.45, 7) is -0.0703. The summed E-state index contributed by atoms with van der Waals surface area (Å²) in [7, 11) is 0. The van der Waals surface area contributed by atoms with Crippen LogP contribution in [0.1, 0.15) is 6.42 Å². The van der Waals surface area contributed by atoms with Crippen molar-refractivity contribution in [3.8, 4) is 5.75 Å². The lowest BCUT2D eigenvalue weighted by Gasteiger charge is -2.05. The molecule has 1 heterocycles. The number of hydrogen-bond acceptors (Lipinski definition) is 5. The van der Waals surface area contributed by atoms with E-state index in [4.69, 9.17) is 9.84 Å². The predicted octanol–water partition coefficient (Wildman–Crippen LogP) is 0.770. The maximum Gasteiger partial charge on any atom is 0.325 e. The molecule has 2 rings (SSSR count). The van der Waals surface area contributed by atoms with Crippen molar-refractivity contribution >= 4 is 17.7 Å². The van der Waals surface area contributed by atoms with Gasteiger partial charge in [0.2, 0.25) is 5.91 Å². The summed E-state index contributed by atoms with van der Waals surface area (Å²) >= 11 is 0. The molecule has 110 valence electrons. The molecule has 21 heavy (non-hydrogen) atoms. The van der Waals surface area contributed by atoms with Gasteiger partial charge in [-0.05, 0) is 12.1 Å². The fourth-order valence-corrected chi connectivity index (χ4v) is 1.56. The van der Waals surface area contributed by atoms with Crippen LogP contribution in [0.25, 0.3) is 0 Å². The fourth-order valence-electron chi connectivity index (χ4n) is 1.56. The van der Waals surface area contributed by atoms with Gasteiger partial charge < -0.3 is 15.2 Å². The number of rotatable bonds is 7. The van der Waals surface area contributed by atoms with Gasteiger partial charge in [-0.25, -0.2) is 4.68 Å². The second-order valence-corrected chi connectivity index (χ2v) is 4.15. The minimum atomic E-state index is -1.03. The van der Waals surface area contributed by atoms with E-state index in [0.717, 1.165) is 4.68 Å². The molecular weight excluding hydrogens is 276 g/mol. The first kappa shape index (κ1) is 14.5. The third-order valence-electron chi connectivity index (χ3n) is 2.44. The molecular formula is C13H14N4O4. The molecule has 0 atom stereocenters. The van der Waals surface area contributed by atoms with Crippen LogP contribution in [0.5, 0.6) is 5.75 Å². The Morgan fingerprint density at radius 2 is 2.05 bits per heavy atom. The van der Waals surface area contributed by atoms with Crippen LogP contribution in [0.15, 0.2) is 36.5 Å². The standard InChI is InChI=1S/C13H14N4O4/c18-12(6-7-21-10-4-2-1-3-5-10)14-11-8-17(16-15-11)9-13(19)20/h1-5,8H,6-7,9H2,(H,14,18)(H,19,20). The summed E-state index contributed by atoms with van der Waals surface area (Å²) in [6, 6.07) is 9.16. The first-order valence-corrected chi connectivity index (χ1v) is 6.23. The summed E-state index contributed by atoms with van der Waals surface area (Å²) in [6.07, 6.45) is 1.50. The zero-order chi connectivity index (χ0) is 15.1. The Balaban J connectivity index is 1.74. The van der Waals surface area contributed by atoms with Crippen molar-refractivity contribution in [2.75, 3.05) is 11.9 Å². The summed E-state index contributed by atoms with van der Waals surface area (Å²) in [5, 5.41) is 18.3.